The predicted octanol–water partition coefficient (Wildman–Crippen LogP) is 7.18. The van der Waals surface area contributed by atoms with Gasteiger partial charge < -0.3 is 5.11 Å². The van der Waals surface area contributed by atoms with E-state index in [1.165, 1.54) is 33.1 Å². The second-order valence-electron chi connectivity index (χ2n) is 8.53. The van der Waals surface area contributed by atoms with Crippen LogP contribution < -0.4 is 4.90 Å². The van der Waals surface area contributed by atoms with Crippen molar-refractivity contribution >= 4 is 71.4 Å². The molecule has 1 unspecified atom stereocenters. The van der Waals surface area contributed by atoms with E-state index in [2.05, 4.69) is 35.8 Å². The number of halogens is 1. The third kappa shape index (κ3) is 3.79. The van der Waals surface area contributed by atoms with Crippen LogP contribution in [-0.2, 0) is 9.59 Å². The zero-order valence-corrected chi connectivity index (χ0v) is 21.9. The van der Waals surface area contributed by atoms with Gasteiger partial charge in [0.15, 0.2) is 5.13 Å². The van der Waals surface area contributed by atoms with Crippen LogP contribution >= 0.6 is 38.6 Å². The zero-order chi connectivity index (χ0) is 24.1. The molecule has 1 saturated heterocycles. The van der Waals surface area contributed by atoms with E-state index in [0.717, 1.165) is 25.1 Å². The Morgan fingerprint density at radius 3 is 2.62 bits per heavy atom. The maximum atomic E-state index is 13.3. The van der Waals surface area contributed by atoms with E-state index in [9.17, 15) is 14.7 Å². The molecule has 1 fully saturated rings. The summed E-state index contributed by atoms with van der Waals surface area (Å²) in [6, 6.07) is 14.4. The molecule has 172 valence electrons. The first-order chi connectivity index (χ1) is 16.3. The van der Waals surface area contributed by atoms with Gasteiger partial charge in [-0.05, 0) is 59.7 Å². The minimum absolute atomic E-state index is 0.0799. The molecule has 0 bridgehead atoms. The number of thiazole rings is 1. The van der Waals surface area contributed by atoms with Crippen molar-refractivity contribution in [3.8, 4) is 0 Å². The Morgan fingerprint density at radius 2 is 1.94 bits per heavy atom. The minimum Gasteiger partial charge on any atom is -0.507 e. The lowest BCUT2D eigenvalue weighted by Gasteiger charge is -2.21. The zero-order valence-electron chi connectivity index (χ0n) is 18.7. The largest absolute Gasteiger partial charge is 0.507 e. The van der Waals surface area contributed by atoms with Crippen molar-refractivity contribution in [3.63, 3.8) is 0 Å². The van der Waals surface area contributed by atoms with Gasteiger partial charge in [0, 0.05) is 14.9 Å². The second-order valence-corrected chi connectivity index (χ2v) is 11.4. The van der Waals surface area contributed by atoms with Crippen molar-refractivity contribution in [2.24, 2.45) is 0 Å². The Hall–Kier alpha value is -2.81. The Balaban J connectivity index is 1.69. The average Bonchev–Trinajstić information content (AvgIpc) is 3.53. The number of aliphatic hydroxyl groups excluding tert-OH is 1. The summed E-state index contributed by atoms with van der Waals surface area (Å²) in [5.41, 5.74) is 3.45. The third-order valence-corrected chi connectivity index (χ3v) is 8.79. The molecular weight excluding hydrogens is 532 g/mol. The van der Waals surface area contributed by atoms with Gasteiger partial charge in [0.25, 0.3) is 5.78 Å². The molecule has 1 N–H and O–H groups in total. The second kappa shape index (κ2) is 8.76. The summed E-state index contributed by atoms with van der Waals surface area (Å²) in [6.45, 7) is 6.16. The molecule has 2 aromatic heterocycles. The number of Topliss-reactive ketones (excluding diaryl/α,β-unsaturated/α-hetero) is 1. The Bertz CT molecular complexity index is 1470. The number of ketones is 1. The van der Waals surface area contributed by atoms with Crippen LogP contribution in [0.4, 0.5) is 5.13 Å². The standard InChI is InChI=1S/C26H21BrN2O3S2/c1-13(2)15-7-9-18-20(12-15)34-26(28-18)29-22(19-5-4-10-33-19)21(24(31)25(29)32)23(30)16-6-8-17(27)14(3)11-16/h4-13,22,30H,1-3H3/b23-21+. The molecule has 2 aromatic carbocycles. The third-order valence-electron chi connectivity index (χ3n) is 5.96. The monoisotopic (exact) mass is 552 g/mol. The first-order valence-corrected chi connectivity index (χ1v) is 13.3. The fourth-order valence-electron chi connectivity index (χ4n) is 4.08. The number of hydrogen-bond acceptors (Lipinski definition) is 6. The lowest BCUT2D eigenvalue weighted by atomic mass is 9.99. The lowest BCUT2D eigenvalue weighted by Crippen LogP contribution is -2.28. The number of anilines is 1. The molecule has 3 heterocycles. The molecule has 5 nitrogen and oxygen atoms in total. The fraction of sp³-hybridized carbons (Fsp3) is 0.192. The summed E-state index contributed by atoms with van der Waals surface area (Å²) in [6.07, 6.45) is 0. The van der Waals surface area contributed by atoms with Crippen LogP contribution in [0.1, 0.15) is 47.4 Å². The number of aryl methyl sites for hydroxylation is 1. The van der Waals surface area contributed by atoms with Crippen molar-refractivity contribution in [1.29, 1.82) is 0 Å². The number of aliphatic hydroxyl groups is 1. The van der Waals surface area contributed by atoms with Crippen LogP contribution in [0.3, 0.4) is 0 Å². The summed E-state index contributed by atoms with van der Waals surface area (Å²) in [5, 5.41) is 13.6. The maximum absolute atomic E-state index is 13.3. The predicted molar refractivity (Wildman–Crippen MR) is 142 cm³/mol. The number of fused-ring (bicyclic) bond motifs is 1. The smallest absolute Gasteiger partial charge is 0.301 e. The summed E-state index contributed by atoms with van der Waals surface area (Å²) in [7, 11) is 0. The highest BCUT2D eigenvalue weighted by Crippen LogP contribution is 2.45. The average molecular weight is 554 g/mol. The molecule has 1 atom stereocenters. The highest BCUT2D eigenvalue weighted by molar-refractivity contribution is 9.10. The van der Waals surface area contributed by atoms with Gasteiger partial charge in [-0.25, -0.2) is 4.98 Å². The number of thiophene rings is 1. The van der Waals surface area contributed by atoms with Crippen LogP contribution in [0.15, 0.2) is 64.0 Å². The quantitative estimate of drug-likeness (QED) is 0.165. The van der Waals surface area contributed by atoms with E-state index in [1.807, 2.05) is 42.6 Å². The number of rotatable bonds is 4. The highest BCUT2D eigenvalue weighted by atomic mass is 79.9. The van der Waals surface area contributed by atoms with Crippen LogP contribution in [-0.4, -0.2) is 21.8 Å². The number of carbonyl (C=O) groups excluding carboxylic acids is 2. The van der Waals surface area contributed by atoms with Crippen molar-refractivity contribution in [3.05, 3.63) is 85.5 Å². The van der Waals surface area contributed by atoms with Gasteiger partial charge >= 0.3 is 5.91 Å². The molecule has 0 spiro atoms. The van der Waals surface area contributed by atoms with Gasteiger partial charge in [-0.1, -0.05) is 59.3 Å². The maximum Gasteiger partial charge on any atom is 0.301 e. The minimum atomic E-state index is -0.742. The van der Waals surface area contributed by atoms with Crippen LogP contribution in [0, 0.1) is 6.92 Å². The van der Waals surface area contributed by atoms with Crippen molar-refractivity contribution in [2.45, 2.75) is 32.7 Å². The number of aromatic nitrogens is 1. The lowest BCUT2D eigenvalue weighted by molar-refractivity contribution is -0.132. The van der Waals surface area contributed by atoms with E-state index in [0.29, 0.717) is 16.6 Å². The molecule has 8 heteroatoms. The molecule has 5 rings (SSSR count). The first kappa shape index (κ1) is 23.0. The van der Waals surface area contributed by atoms with Crippen LogP contribution in [0.2, 0.25) is 0 Å². The van der Waals surface area contributed by atoms with E-state index >= 15 is 0 Å². The number of hydrogen-bond donors (Lipinski definition) is 1. The number of carbonyl (C=O) groups is 2. The van der Waals surface area contributed by atoms with Gasteiger partial charge in [0.1, 0.15) is 11.8 Å². The van der Waals surface area contributed by atoms with Crippen LogP contribution in [0.5, 0.6) is 0 Å². The van der Waals surface area contributed by atoms with Gasteiger partial charge in [-0.15, -0.1) is 11.3 Å². The number of amides is 1. The molecule has 1 aliphatic rings. The SMILES string of the molecule is Cc1cc(/C(O)=C2\C(=O)C(=O)N(c3nc4ccc(C(C)C)cc4s3)C2c2cccs2)ccc1Br. The topological polar surface area (TPSA) is 70.5 Å². The van der Waals surface area contributed by atoms with E-state index in [-0.39, 0.29) is 11.3 Å². The number of nitrogens with zero attached hydrogens (tertiary/aromatic N) is 2. The Morgan fingerprint density at radius 1 is 1.15 bits per heavy atom. The van der Waals surface area contributed by atoms with Crippen LogP contribution in [0.25, 0.3) is 16.0 Å². The number of benzene rings is 2. The first-order valence-electron chi connectivity index (χ1n) is 10.8. The summed E-state index contributed by atoms with van der Waals surface area (Å²) >= 11 is 6.28. The highest BCUT2D eigenvalue weighted by Gasteiger charge is 2.48. The molecule has 34 heavy (non-hydrogen) atoms. The molecular formula is C26H21BrN2O3S2. The molecule has 1 aliphatic heterocycles. The molecule has 1 amide bonds. The fourth-order valence-corrected chi connectivity index (χ4v) is 6.20. The van der Waals surface area contributed by atoms with Gasteiger partial charge in [0.2, 0.25) is 0 Å². The molecule has 4 aromatic rings. The summed E-state index contributed by atoms with van der Waals surface area (Å²) in [4.78, 5) is 33.5. The van der Waals surface area contributed by atoms with E-state index < -0.39 is 17.7 Å². The van der Waals surface area contributed by atoms with Crippen molar-refractivity contribution in [2.75, 3.05) is 4.90 Å². The van der Waals surface area contributed by atoms with Gasteiger partial charge in [-0.3, -0.25) is 14.5 Å². The normalized spacial score (nSPS) is 17.9. The Kier molecular flexibility index (Phi) is 5.91. The van der Waals surface area contributed by atoms with Gasteiger partial charge in [-0.2, -0.15) is 0 Å². The molecule has 0 radical (unpaired) electrons. The summed E-state index contributed by atoms with van der Waals surface area (Å²) in [5.74, 6) is -1.21. The molecule has 0 saturated carbocycles. The summed E-state index contributed by atoms with van der Waals surface area (Å²) < 4.78 is 1.85. The molecule has 0 aliphatic carbocycles. The van der Waals surface area contributed by atoms with E-state index in [4.69, 9.17) is 4.98 Å². The Labute approximate surface area is 213 Å². The van der Waals surface area contributed by atoms with Crippen molar-refractivity contribution in [1.82, 2.24) is 4.98 Å². The van der Waals surface area contributed by atoms with E-state index in [1.54, 1.807) is 12.1 Å². The van der Waals surface area contributed by atoms with Gasteiger partial charge in [0.05, 0.1) is 15.8 Å². The van der Waals surface area contributed by atoms with Crippen molar-refractivity contribution < 1.29 is 14.7 Å².